The molecule has 3 heteroatoms. The molecule has 0 spiro atoms. The second-order valence-corrected chi connectivity index (χ2v) is 7.52. The Kier molecular flexibility index (Phi) is 5.65. The van der Waals surface area contributed by atoms with E-state index in [1.165, 1.54) is 35.7 Å². The minimum atomic E-state index is 0.327. The molecule has 0 radical (unpaired) electrons. The Bertz CT molecular complexity index is 435. The summed E-state index contributed by atoms with van der Waals surface area (Å²) in [5, 5.41) is 0. The van der Waals surface area contributed by atoms with Gasteiger partial charge in [0.1, 0.15) is 0 Å². The second kappa shape index (κ2) is 7.06. The number of nitrogens with zero attached hydrogens (tertiary/aromatic N) is 1. The van der Waals surface area contributed by atoms with Crippen molar-refractivity contribution in [2.75, 3.05) is 20.1 Å². The van der Waals surface area contributed by atoms with Crippen LogP contribution in [0.2, 0.25) is 0 Å². The van der Waals surface area contributed by atoms with Crippen LogP contribution in [0.1, 0.15) is 38.2 Å². The zero-order chi connectivity index (χ0) is 14.6. The number of rotatable bonds is 5. The SMILES string of the molecule is CC1CCCC(CN)(CN(C)Cc2ccccc2Br)C1. The van der Waals surface area contributed by atoms with Crippen LogP contribution in [0, 0.1) is 11.3 Å². The summed E-state index contributed by atoms with van der Waals surface area (Å²) in [5.41, 5.74) is 7.82. The van der Waals surface area contributed by atoms with Crippen molar-refractivity contribution in [1.82, 2.24) is 4.90 Å². The summed E-state index contributed by atoms with van der Waals surface area (Å²) >= 11 is 3.64. The molecule has 1 aliphatic carbocycles. The zero-order valence-corrected chi connectivity index (χ0v) is 14.3. The predicted octanol–water partition coefficient (Wildman–Crippen LogP) is 4.04. The predicted molar refractivity (Wildman–Crippen MR) is 89.6 cm³/mol. The van der Waals surface area contributed by atoms with Crippen LogP contribution in [0.3, 0.4) is 0 Å². The van der Waals surface area contributed by atoms with Gasteiger partial charge in [-0.2, -0.15) is 0 Å². The van der Waals surface area contributed by atoms with Gasteiger partial charge in [0.15, 0.2) is 0 Å². The molecule has 20 heavy (non-hydrogen) atoms. The van der Waals surface area contributed by atoms with Crippen LogP contribution in [-0.2, 0) is 6.54 Å². The van der Waals surface area contributed by atoms with E-state index in [-0.39, 0.29) is 0 Å². The van der Waals surface area contributed by atoms with Gasteiger partial charge in [0.05, 0.1) is 0 Å². The van der Waals surface area contributed by atoms with Gasteiger partial charge in [0, 0.05) is 17.6 Å². The molecule has 0 amide bonds. The molecular formula is C17H27BrN2. The maximum absolute atomic E-state index is 6.14. The highest BCUT2D eigenvalue weighted by Crippen LogP contribution is 2.39. The minimum absolute atomic E-state index is 0.327. The normalized spacial score (nSPS) is 26.9. The molecule has 0 aliphatic heterocycles. The highest BCUT2D eigenvalue weighted by molar-refractivity contribution is 9.10. The van der Waals surface area contributed by atoms with Gasteiger partial charge >= 0.3 is 0 Å². The summed E-state index contributed by atoms with van der Waals surface area (Å²) in [5.74, 6) is 0.823. The highest BCUT2D eigenvalue weighted by atomic mass is 79.9. The van der Waals surface area contributed by atoms with Gasteiger partial charge in [0.25, 0.3) is 0 Å². The van der Waals surface area contributed by atoms with Crippen molar-refractivity contribution in [3.8, 4) is 0 Å². The molecule has 0 aromatic heterocycles. The molecule has 2 unspecified atom stereocenters. The Morgan fingerprint density at radius 1 is 1.40 bits per heavy atom. The Hall–Kier alpha value is -0.380. The quantitative estimate of drug-likeness (QED) is 0.877. The molecule has 2 nitrogen and oxygen atoms in total. The fourth-order valence-electron chi connectivity index (χ4n) is 3.71. The average Bonchev–Trinajstić information content (AvgIpc) is 2.41. The van der Waals surface area contributed by atoms with Crippen molar-refractivity contribution < 1.29 is 0 Å². The summed E-state index contributed by atoms with van der Waals surface area (Å²) < 4.78 is 1.20. The summed E-state index contributed by atoms with van der Waals surface area (Å²) in [6.45, 7) is 5.28. The highest BCUT2D eigenvalue weighted by Gasteiger charge is 2.34. The first-order valence-corrected chi connectivity index (χ1v) is 8.46. The fraction of sp³-hybridized carbons (Fsp3) is 0.647. The first kappa shape index (κ1) is 16.0. The van der Waals surface area contributed by atoms with E-state index in [2.05, 4.69) is 59.1 Å². The van der Waals surface area contributed by atoms with Crippen LogP contribution in [0.4, 0.5) is 0 Å². The maximum Gasteiger partial charge on any atom is 0.0242 e. The Morgan fingerprint density at radius 3 is 2.80 bits per heavy atom. The molecule has 112 valence electrons. The van der Waals surface area contributed by atoms with E-state index in [4.69, 9.17) is 5.73 Å². The number of halogens is 1. The average molecular weight is 339 g/mol. The lowest BCUT2D eigenvalue weighted by Crippen LogP contribution is -2.44. The van der Waals surface area contributed by atoms with Gasteiger partial charge in [-0.25, -0.2) is 0 Å². The standard InChI is InChI=1S/C17H27BrN2/c1-14-6-5-9-17(10-14,12-19)13-20(2)11-15-7-3-4-8-16(15)18/h3-4,7-8,14H,5-6,9-13,19H2,1-2H3. The second-order valence-electron chi connectivity index (χ2n) is 6.67. The minimum Gasteiger partial charge on any atom is -0.330 e. The van der Waals surface area contributed by atoms with Crippen LogP contribution < -0.4 is 5.73 Å². The van der Waals surface area contributed by atoms with Crippen molar-refractivity contribution in [2.45, 2.75) is 39.2 Å². The molecule has 2 rings (SSSR count). The summed E-state index contributed by atoms with van der Waals surface area (Å²) in [6, 6.07) is 8.48. The van der Waals surface area contributed by atoms with Crippen LogP contribution in [0.15, 0.2) is 28.7 Å². The summed E-state index contributed by atoms with van der Waals surface area (Å²) in [6.07, 6.45) is 5.27. The van der Waals surface area contributed by atoms with Crippen LogP contribution >= 0.6 is 15.9 Å². The van der Waals surface area contributed by atoms with Gasteiger partial charge in [-0.05, 0) is 49.4 Å². The van der Waals surface area contributed by atoms with Crippen molar-refractivity contribution in [2.24, 2.45) is 17.1 Å². The van der Waals surface area contributed by atoms with Gasteiger partial charge in [-0.1, -0.05) is 53.9 Å². The molecule has 0 saturated heterocycles. The molecule has 1 aromatic rings. The van der Waals surface area contributed by atoms with Crippen molar-refractivity contribution in [3.05, 3.63) is 34.3 Å². The summed E-state index contributed by atoms with van der Waals surface area (Å²) in [7, 11) is 2.22. The Labute approximate surface area is 131 Å². The van der Waals surface area contributed by atoms with E-state index in [1.807, 2.05) is 0 Å². The lowest BCUT2D eigenvalue weighted by molar-refractivity contribution is 0.0980. The lowest BCUT2D eigenvalue weighted by Gasteiger charge is -2.42. The van der Waals surface area contributed by atoms with E-state index in [0.717, 1.165) is 25.6 Å². The maximum atomic E-state index is 6.14. The Balaban J connectivity index is 1.99. The van der Waals surface area contributed by atoms with E-state index in [9.17, 15) is 0 Å². The van der Waals surface area contributed by atoms with E-state index in [1.54, 1.807) is 0 Å². The van der Waals surface area contributed by atoms with Crippen molar-refractivity contribution in [3.63, 3.8) is 0 Å². The van der Waals surface area contributed by atoms with Crippen LogP contribution in [0.25, 0.3) is 0 Å². The van der Waals surface area contributed by atoms with Crippen LogP contribution in [0.5, 0.6) is 0 Å². The van der Waals surface area contributed by atoms with Gasteiger partial charge in [-0.3, -0.25) is 0 Å². The number of nitrogens with two attached hydrogens (primary N) is 1. The van der Waals surface area contributed by atoms with Gasteiger partial charge < -0.3 is 10.6 Å². The lowest BCUT2D eigenvalue weighted by atomic mass is 9.70. The van der Waals surface area contributed by atoms with Gasteiger partial charge in [0.2, 0.25) is 0 Å². The van der Waals surface area contributed by atoms with E-state index >= 15 is 0 Å². The first-order valence-electron chi connectivity index (χ1n) is 7.67. The number of hydrogen-bond acceptors (Lipinski definition) is 2. The number of benzene rings is 1. The molecular weight excluding hydrogens is 312 g/mol. The first-order chi connectivity index (χ1) is 9.54. The monoisotopic (exact) mass is 338 g/mol. The smallest absolute Gasteiger partial charge is 0.0242 e. The molecule has 2 atom stereocenters. The molecule has 0 heterocycles. The molecule has 0 bridgehead atoms. The third-order valence-electron chi connectivity index (χ3n) is 4.62. The van der Waals surface area contributed by atoms with Gasteiger partial charge in [-0.15, -0.1) is 0 Å². The third-order valence-corrected chi connectivity index (χ3v) is 5.40. The van der Waals surface area contributed by atoms with E-state index < -0.39 is 0 Å². The largest absolute Gasteiger partial charge is 0.330 e. The van der Waals surface area contributed by atoms with E-state index in [0.29, 0.717) is 5.41 Å². The topological polar surface area (TPSA) is 29.3 Å². The molecule has 1 fully saturated rings. The Morgan fingerprint density at radius 2 is 2.15 bits per heavy atom. The number of hydrogen-bond donors (Lipinski definition) is 1. The molecule has 1 saturated carbocycles. The zero-order valence-electron chi connectivity index (χ0n) is 12.7. The third kappa shape index (κ3) is 4.06. The molecule has 1 aliphatic rings. The van der Waals surface area contributed by atoms with Crippen molar-refractivity contribution >= 4 is 15.9 Å². The fourth-order valence-corrected chi connectivity index (χ4v) is 4.12. The van der Waals surface area contributed by atoms with Crippen molar-refractivity contribution in [1.29, 1.82) is 0 Å². The van der Waals surface area contributed by atoms with Crippen LogP contribution in [-0.4, -0.2) is 25.0 Å². The molecule has 1 aromatic carbocycles. The molecule has 2 N–H and O–H groups in total. The summed E-state index contributed by atoms with van der Waals surface area (Å²) in [4.78, 5) is 2.44.